The summed E-state index contributed by atoms with van der Waals surface area (Å²) in [6.07, 6.45) is 10.4. The predicted molar refractivity (Wildman–Crippen MR) is 123 cm³/mol. The van der Waals surface area contributed by atoms with E-state index in [0.29, 0.717) is 0 Å². The molecule has 2 N–H and O–H groups in total. The maximum Gasteiger partial charge on any atom is 0.323 e. The van der Waals surface area contributed by atoms with Crippen molar-refractivity contribution < 1.29 is 9.53 Å². The van der Waals surface area contributed by atoms with Crippen LogP contribution in [0.4, 0.5) is 16.2 Å². The fourth-order valence-corrected chi connectivity index (χ4v) is 3.23. The SMILES string of the molecule is CCCCCCCCCCOc1ccc(NC(=O)Nc2cccc(C)c2C)cc1. The summed E-state index contributed by atoms with van der Waals surface area (Å²) in [7, 11) is 0. The molecule has 0 fully saturated rings. The molecule has 29 heavy (non-hydrogen) atoms. The van der Waals surface area contributed by atoms with Gasteiger partial charge in [-0.25, -0.2) is 4.79 Å². The van der Waals surface area contributed by atoms with Crippen molar-refractivity contribution in [2.24, 2.45) is 0 Å². The third kappa shape index (κ3) is 8.59. The Morgan fingerprint density at radius 2 is 1.48 bits per heavy atom. The van der Waals surface area contributed by atoms with Crippen molar-refractivity contribution in [1.82, 2.24) is 0 Å². The lowest BCUT2D eigenvalue weighted by molar-refractivity contribution is 0.262. The van der Waals surface area contributed by atoms with Crippen molar-refractivity contribution >= 4 is 17.4 Å². The van der Waals surface area contributed by atoms with Gasteiger partial charge in [0.1, 0.15) is 5.75 Å². The summed E-state index contributed by atoms with van der Waals surface area (Å²) < 4.78 is 5.81. The molecule has 2 amide bonds. The summed E-state index contributed by atoms with van der Waals surface area (Å²) in [5.74, 6) is 0.841. The summed E-state index contributed by atoms with van der Waals surface area (Å²) in [6, 6.07) is 13.2. The number of aryl methyl sites for hydroxylation is 1. The fourth-order valence-electron chi connectivity index (χ4n) is 3.23. The molecule has 0 aliphatic carbocycles. The van der Waals surface area contributed by atoms with E-state index in [9.17, 15) is 4.79 Å². The molecule has 0 saturated carbocycles. The number of hydrogen-bond donors (Lipinski definition) is 2. The van der Waals surface area contributed by atoms with Gasteiger partial charge in [-0.15, -0.1) is 0 Å². The Morgan fingerprint density at radius 1 is 0.828 bits per heavy atom. The number of hydrogen-bond acceptors (Lipinski definition) is 2. The van der Waals surface area contributed by atoms with Gasteiger partial charge in [0.25, 0.3) is 0 Å². The van der Waals surface area contributed by atoms with Crippen LogP contribution in [-0.4, -0.2) is 12.6 Å². The number of rotatable bonds is 12. The highest BCUT2D eigenvalue weighted by molar-refractivity contribution is 6.00. The zero-order chi connectivity index (χ0) is 20.9. The topological polar surface area (TPSA) is 50.4 Å². The van der Waals surface area contributed by atoms with Gasteiger partial charge in [0, 0.05) is 11.4 Å². The molecule has 0 radical (unpaired) electrons. The average Bonchev–Trinajstić information content (AvgIpc) is 2.71. The van der Waals surface area contributed by atoms with Crippen LogP contribution in [0.2, 0.25) is 0 Å². The second kappa shape index (κ2) is 12.9. The molecule has 2 rings (SSSR count). The van der Waals surface area contributed by atoms with Gasteiger partial charge in [0.15, 0.2) is 0 Å². The number of anilines is 2. The predicted octanol–water partition coefficient (Wildman–Crippen LogP) is 7.47. The lowest BCUT2D eigenvalue weighted by Crippen LogP contribution is -2.20. The fraction of sp³-hybridized carbons (Fsp3) is 0.480. The second-order valence-corrected chi connectivity index (χ2v) is 7.67. The maximum absolute atomic E-state index is 12.2. The molecule has 2 aromatic rings. The Bertz CT molecular complexity index is 741. The monoisotopic (exact) mass is 396 g/mol. The van der Waals surface area contributed by atoms with Crippen molar-refractivity contribution in [1.29, 1.82) is 0 Å². The third-order valence-corrected chi connectivity index (χ3v) is 5.23. The highest BCUT2D eigenvalue weighted by Gasteiger charge is 2.06. The van der Waals surface area contributed by atoms with Crippen molar-refractivity contribution in [3.63, 3.8) is 0 Å². The molecule has 0 aromatic heterocycles. The quantitative estimate of drug-likeness (QED) is 0.366. The second-order valence-electron chi connectivity index (χ2n) is 7.67. The zero-order valence-electron chi connectivity index (χ0n) is 18.2. The first kappa shape index (κ1) is 22.8. The summed E-state index contributed by atoms with van der Waals surface area (Å²) in [4.78, 5) is 12.2. The third-order valence-electron chi connectivity index (χ3n) is 5.23. The van der Waals surface area contributed by atoms with Crippen LogP contribution in [0.1, 0.15) is 69.4 Å². The Morgan fingerprint density at radius 3 is 2.17 bits per heavy atom. The lowest BCUT2D eigenvalue weighted by Gasteiger charge is -2.12. The minimum absolute atomic E-state index is 0.244. The first-order valence-electron chi connectivity index (χ1n) is 11.0. The van der Waals surface area contributed by atoms with E-state index in [-0.39, 0.29) is 6.03 Å². The van der Waals surface area contributed by atoms with Crippen molar-refractivity contribution in [3.8, 4) is 5.75 Å². The molecule has 0 aliphatic rings. The number of amides is 2. The number of urea groups is 1. The van der Waals surface area contributed by atoms with Crippen LogP contribution in [0.15, 0.2) is 42.5 Å². The van der Waals surface area contributed by atoms with E-state index in [1.54, 1.807) is 0 Å². The highest BCUT2D eigenvalue weighted by Crippen LogP contribution is 2.20. The molecule has 4 nitrogen and oxygen atoms in total. The Labute approximate surface area is 176 Å². The van der Waals surface area contributed by atoms with Crippen molar-refractivity contribution in [2.45, 2.75) is 72.1 Å². The molecule has 0 spiro atoms. The summed E-state index contributed by atoms with van der Waals surface area (Å²) >= 11 is 0. The number of benzene rings is 2. The van der Waals surface area contributed by atoms with Crippen LogP contribution >= 0.6 is 0 Å². The molecular weight excluding hydrogens is 360 g/mol. The van der Waals surface area contributed by atoms with E-state index in [1.807, 2.05) is 56.3 Å². The van der Waals surface area contributed by atoms with Gasteiger partial charge >= 0.3 is 6.03 Å². The molecule has 0 aliphatic heterocycles. The first-order valence-corrected chi connectivity index (χ1v) is 11.0. The molecule has 0 bridgehead atoms. The molecule has 158 valence electrons. The Kier molecular flexibility index (Phi) is 10.1. The van der Waals surface area contributed by atoms with E-state index in [0.717, 1.165) is 41.3 Å². The normalized spacial score (nSPS) is 10.6. The van der Waals surface area contributed by atoms with Gasteiger partial charge in [-0.3, -0.25) is 0 Å². The van der Waals surface area contributed by atoms with E-state index in [2.05, 4.69) is 17.6 Å². The summed E-state index contributed by atoms with van der Waals surface area (Å²) in [5.41, 5.74) is 3.80. The molecule has 4 heteroatoms. The molecule has 2 aromatic carbocycles. The van der Waals surface area contributed by atoms with Gasteiger partial charge in [0.2, 0.25) is 0 Å². The smallest absolute Gasteiger partial charge is 0.323 e. The van der Waals surface area contributed by atoms with Crippen LogP contribution in [0, 0.1) is 13.8 Å². The standard InChI is InChI=1S/C25H36N2O2/c1-4-5-6-7-8-9-10-11-19-29-23-17-15-22(16-18-23)26-25(28)27-24-14-12-13-20(2)21(24)3/h12-18H,4-11,19H2,1-3H3,(H2,26,27,28). The Hall–Kier alpha value is -2.49. The molecular formula is C25H36N2O2. The van der Waals surface area contributed by atoms with Crippen molar-refractivity contribution in [2.75, 3.05) is 17.2 Å². The van der Waals surface area contributed by atoms with Crippen LogP contribution in [0.3, 0.4) is 0 Å². The number of nitrogens with one attached hydrogen (secondary N) is 2. The van der Waals surface area contributed by atoms with Gasteiger partial charge in [0.05, 0.1) is 6.61 Å². The van der Waals surface area contributed by atoms with Gasteiger partial charge < -0.3 is 15.4 Å². The van der Waals surface area contributed by atoms with Crippen LogP contribution in [-0.2, 0) is 0 Å². The first-order chi connectivity index (χ1) is 14.1. The van der Waals surface area contributed by atoms with E-state index in [1.165, 1.54) is 44.9 Å². The van der Waals surface area contributed by atoms with E-state index in [4.69, 9.17) is 4.74 Å². The zero-order valence-corrected chi connectivity index (χ0v) is 18.2. The van der Waals surface area contributed by atoms with Gasteiger partial charge in [-0.1, -0.05) is 64.0 Å². The van der Waals surface area contributed by atoms with Gasteiger partial charge in [-0.05, 0) is 61.7 Å². The van der Waals surface area contributed by atoms with Crippen LogP contribution in [0.5, 0.6) is 5.75 Å². The maximum atomic E-state index is 12.2. The Balaban J connectivity index is 1.65. The van der Waals surface area contributed by atoms with E-state index >= 15 is 0 Å². The lowest BCUT2D eigenvalue weighted by atomic mass is 10.1. The number of carbonyl (C=O) groups is 1. The largest absolute Gasteiger partial charge is 0.494 e. The minimum Gasteiger partial charge on any atom is -0.494 e. The summed E-state index contributed by atoms with van der Waals surface area (Å²) in [5, 5.41) is 5.77. The molecule has 0 atom stereocenters. The molecule has 0 heterocycles. The van der Waals surface area contributed by atoms with Crippen LogP contribution in [0.25, 0.3) is 0 Å². The minimum atomic E-state index is -0.244. The van der Waals surface area contributed by atoms with Gasteiger partial charge in [-0.2, -0.15) is 0 Å². The highest BCUT2D eigenvalue weighted by atomic mass is 16.5. The van der Waals surface area contributed by atoms with Crippen LogP contribution < -0.4 is 15.4 Å². The number of ether oxygens (including phenoxy) is 1. The van der Waals surface area contributed by atoms with E-state index < -0.39 is 0 Å². The molecule has 0 unspecified atom stereocenters. The number of carbonyl (C=O) groups excluding carboxylic acids is 1. The summed E-state index contributed by atoms with van der Waals surface area (Å²) in [6.45, 7) is 7.03. The number of unbranched alkanes of at least 4 members (excludes halogenated alkanes) is 7. The molecule has 0 saturated heterocycles. The van der Waals surface area contributed by atoms with Crippen molar-refractivity contribution in [3.05, 3.63) is 53.6 Å². The average molecular weight is 397 g/mol.